The zero-order valence-corrected chi connectivity index (χ0v) is 16.6. The molecule has 2 aromatic carbocycles. The van der Waals surface area contributed by atoms with Crippen LogP contribution in [0.2, 0.25) is 10.0 Å². The summed E-state index contributed by atoms with van der Waals surface area (Å²) in [5.74, 6) is 1.42. The fourth-order valence-corrected chi connectivity index (χ4v) is 2.80. The number of benzene rings is 2. The zero-order chi connectivity index (χ0) is 19.9. The van der Waals surface area contributed by atoms with Crippen LogP contribution in [0, 0.1) is 0 Å². The van der Waals surface area contributed by atoms with Crippen molar-refractivity contribution in [1.82, 2.24) is 5.43 Å². The van der Waals surface area contributed by atoms with E-state index in [9.17, 15) is 4.79 Å². The summed E-state index contributed by atoms with van der Waals surface area (Å²) in [5.41, 5.74) is 3.62. The van der Waals surface area contributed by atoms with Crippen LogP contribution in [0.3, 0.4) is 0 Å². The van der Waals surface area contributed by atoms with E-state index in [1.807, 2.05) is 13.0 Å². The van der Waals surface area contributed by atoms with E-state index in [1.54, 1.807) is 48.5 Å². The Morgan fingerprint density at radius 1 is 1.14 bits per heavy atom. The van der Waals surface area contributed by atoms with Crippen LogP contribution in [-0.4, -0.2) is 18.7 Å². The number of hydrazone groups is 1. The van der Waals surface area contributed by atoms with Crippen molar-refractivity contribution in [3.63, 3.8) is 0 Å². The van der Waals surface area contributed by atoms with Crippen molar-refractivity contribution in [2.24, 2.45) is 5.10 Å². The number of carbonyl (C=O) groups is 1. The van der Waals surface area contributed by atoms with Gasteiger partial charge in [0.2, 0.25) is 0 Å². The predicted octanol–water partition coefficient (Wildman–Crippen LogP) is 5.81. The summed E-state index contributed by atoms with van der Waals surface area (Å²) >= 11 is 12.2. The van der Waals surface area contributed by atoms with Crippen LogP contribution in [-0.2, 0) is 0 Å². The molecule has 0 saturated heterocycles. The fourth-order valence-electron chi connectivity index (χ4n) is 2.40. The molecule has 1 heterocycles. The Bertz CT molecular complexity index is 982. The first-order valence-corrected chi connectivity index (χ1v) is 9.44. The topological polar surface area (TPSA) is 63.8 Å². The van der Waals surface area contributed by atoms with E-state index in [0.717, 1.165) is 12.2 Å². The summed E-state index contributed by atoms with van der Waals surface area (Å²) in [6.45, 7) is 2.67. The molecular weight excluding hydrogens is 399 g/mol. The molecule has 0 bridgehead atoms. The lowest BCUT2D eigenvalue weighted by Gasteiger charge is -2.05. The summed E-state index contributed by atoms with van der Waals surface area (Å²) < 4.78 is 11.2. The van der Waals surface area contributed by atoms with E-state index in [0.29, 0.717) is 39.3 Å². The molecule has 3 aromatic rings. The van der Waals surface area contributed by atoms with Crippen LogP contribution in [0.15, 0.2) is 64.1 Å². The highest BCUT2D eigenvalue weighted by atomic mass is 35.5. The monoisotopic (exact) mass is 416 g/mol. The lowest BCUT2D eigenvalue weighted by Crippen LogP contribution is -2.17. The quantitative estimate of drug-likeness (QED) is 0.390. The predicted molar refractivity (Wildman–Crippen MR) is 111 cm³/mol. The molecule has 28 heavy (non-hydrogen) atoms. The Labute approximate surface area is 172 Å². The smallest absolute Gasteiger partial charge is 0.271 e. The first kappa shape index (κ1) is 20.0. The maximum atomic E-state index is 12.1. The molecule has 0 aliphatic carbocycles. The van der Waals surface area contributed by atoms with Crippen LogP contribution >= 0.6 is 23.2 Å². The number of ether oxygens (including phenoxy) is 1. The molecule has 144 valence electrons. The van der Waals surface area contributed by atoms with Crippen molar-refractivity contribution >= 4 is 35.3 Å². The first-order chi connectivity index (χ1) is 13.6. The average Bonchev–Trinajstić information content (AvgIpc) is 3.17. The van der Waals surface area contributed by atoms with E-state index >= 15 is 0 Å². The van der Waals surface area contributed by atoms with Crippen LogP contribution in [0.5, 0.6) is 5.75 Å². The van der Waals surface area contributed by atoms with E-state index < -0.39 is 0 Å². The second kappa shape index (κ2) is 9.44. The summed E-state index contributed by atoms with van der Waals surface area (Å²) in [7, 11) is 0. The maximum absolute atomic E-state index is 12.1. The highest BCUT2D eigenvalue weighted by Crippen LogP contribution is 2.34. The van der Waals surface area contributed by atoms with Crippen LogP contribution < -0.4 is 10.2 Å². The van der Waals surface area contributed by atoms with Crippen LogP contribution in [0.1, 0.15) is 29.5 Å². The Kier molecular flexibility index (Phi) is 6.74. The summed E-state index contributed by atoms with van der Waals surface area (Å²) in [6.07, 6.45) is 2.34. The molecular formula is C21H18Cl2N2O3. The van der Waals surface area contributed by atoms with Gasteiger partial charge in [0.1, 0.15) is 17.3 Å². The van der Waals surface area contributed by atoms with Crippen molar-refractivity contribution in [2.75, 3.05) is 6.61 Å². The molecule has 7 heteroatoms. The second-order valence-electron chi connectivity index (χ2n) is 5.88. The second-order valence-corrected chi connectivity index (χ2v) is 6.66. The number of hydrogen-bond acceptors (Lipinski definition) is 4. The van der Waals surface area contributed by atoms with E-state index in [4.69, 9.17) is 32.4 Å². The summed E-state index contributed by atoms with van der Waals surface area (Å²) in [4.78, 5) is 12.1. The first-order valence-electron chi connectivity index (χ1n) is 8.69. The van der Waals surface area contributed by atoms with Gasteiger partial charge in [-0.15, -0.1) is 0 Å². The zero-order valence-electron chi connectivity index (χ0n) is 15.1. The van der Waals surface area contributed by atoms with E-state index in [-0.39, 0.29) is 5.91 Å². The SMILES string of the molecule is CCCOc1ccc(C(=O)N/N=C/c2ccc(-c3cccc(Cl)c3Cl)o2)cc1. The molecule has 0 fully saturated rings. The number of amides is 1. The average molecular weight is 417 g/mol. The van der Waals surface area contributed by atoms with Gasteiger partial charge in [0.15, 0.2) is 0 Å². The maximum Gasteiger partial charge on any atom is 0.271 e. The molecule has 3 rings (SSSR count). The molecule has 0 saturated carbocycles. The standard InChI is InChI=1S/C21H18Cl2N2O3/c1-2-12-27-15-8-6-14(7-9-15)21(26)25-24-13-16-10-11-19(28-16)17-4-3-5-18(22)20(17)23/h3-11,13H,2,12H2,1H3,(H,25,26)/b24-13+. The van der Waals surface area contributed by atoms with Gasteiger partial charge in [0.05, 0.1) is 22.9 Å². The van der Waals surface area contributed by atoms with Gasteiger partial charge in [0.25, 0.3) is 5.91 Å². The Balaban J connectivity index is 1.61. The Morgan fingerprint density at radius 3 is 2.68 bits per heavy atom. The number of hydrogen-bond donors (Lipinski definition) is 1. The molecule has 1 aromatic heterocycles. The lowest BCUT2D eigenvalue weighted by atomic mass is 10.2. The van der Waals surface area contributed by atoms with Gasteiger partial charge < -0.3 is 9.15 Å². The van der Waals surface area contributed by atoms with Gasteiger partial charge in [-0.25, -0.2) is 5.43 Å². The number of nitrogens with zero attached hydrogens (tertiary/aromatic N) is 1. The molecule has 0 atom stereocenters. The van der Waals surface area contributed by atoms with Gasteiger partial charge in [-0.1, -0.05) is 36.2 Å². The van der Waals surface area contributed by atoms with Crippen molar-refractivity contribution < 1.29 is 13.9 Å². The normalized spacial score (nSPS) is 11.0. The van der Waals surface area contributed by atoms with Crippen LogP contribution in [0.25, 0.3) is 11.3 Å². The Hall–Kier alpha value is -2.76. The molecule has 0 radical (unpaired) electrons. The van der Waals surface area contributed by atoms with Crippen molar-refractivity contribution in [2.45, 2.75) is 13.3 Å². The third-order valence-corrected chi connectivity index (χ3v) is 4.61. The minimum atomic E-state index is -0.331. The molecule has 1 N–H and O–H groups in total. The van der Waals surface area contributed by atoms with Gasteiger partial charge >= 0.3 is 0 Å². The third kappa shape index (κ3) is 4.94. The van der Waals surface area contributed by atoms with Gasteiger partial charge in [-0.05, 0) is 55.0 Å². The van der Waals surface area contributed by atoms with Crippen molar-refractivity contribution in [3.8, 4) is 17.1 Å². The lowest BCUT2D eigenvalue weighted by molar-refractivity contribution is 0.0955. The van der Waals surface area contributed by atoms with Gasteiger partial charge in [0, 0.05) is 11.1 Å². The number of nitrogens with one attached hydrogen (secondary N) is 1. The fraction of sp³-hybridized carbons (Fsp3) is 0.143. The van der Waals surface area contributed by atoms with Crippen molar-refractivity contribution in [1.29, 1.82) is 0 Å². The van der Waals surface area contributed by atoms with Crippen molar-refractivity contribution in [3.05, 3.63) is 76.0 Å². The molecule has 0 aliphatic heterocycles. The molecule has 0 unspecified atom stereocenters. The number of carbonyl (C=O) groups excluding carboxylic acids is 1. The number of furan rings is 1. The molecule has 5 nitrogen and oxygen atoms in total. The third-order valence-electron chi connectivity index (χ3n) is 3.79. The highest BCUT2D eigenvalue weighted by Gasteiger charge is 2.10. The molecule has 1 amide bonds. The minimum absolute atomic E-state index is 0.331. The number of rotatable bonds is 7. The highest BCUT2D eigenvalue weighted by molar-refractivity contribution is 6.43. The van der Waals surface area contributed by atoms with Gasteiger partial charge in [-0.3, -0.25) is 4.79 Å². The minimum Gasteiger partial charge on any atom is -0.494 e. The summed E-state index contributed by atoms with van der Waals surface area (Å²) in [5, 5.41) is 4.79. The largest absolute Gasteiger partial charge is 0.494 e. The Morgan fingerprint density at radius 2 is 1.93 bits per heavy atom. The summed E-state index contributed by atoms with van der Waals surface area (Å²) in [6, 6.07) is 15.7. The van der Waals surface area contributed by atoms with Crippen LogP contribution in [0.4, 0.5) is 0 Å². The van der Waals surface area contributed by atoms with E-state index in [2.05, 4.69) is 10.5 Å². The van der Waals surface area contributed by atoms with Gasteiger partial charge in [-0.2, -0.15) is 5.10 Å². The molecule has 0 aliphatic rings. The molecule has 0 spiro atoms. The number of halogens is 2. The van der Waals surface area contributed by atoms with E-state index in [1.165, 1.54) is 6.21 Å².